The fourth-order valence-corrected chi connectivity index (χ4v) is 2.65. The molecule has 0 fully saturated rings. The third kappa shape index (κ3) is 3.94. The molecule has 0 saturated heterocycles. The van der Waals surface area contributed by atoms with E-state index in [1.807, 2.05) is 6.26 Å². The molecule has 0 aromatic carbocycles. The van der Waals surface area contributed by atoms with Gasteiger partial charge in [-0.15, -0.1) is 0 Å². The average molecular weight is 305 g/mol. The zero-order chi connectivity index (χ0) is 14.5. The van der Waals surface area contributed by atoms with Gasteiger partial charge in [-0.3, -0.25) is 10.1 Å². The van der Waals surface area contributed by atoms with Crippen LogP contribution in [-0.2, 0) is 0 Å². The van der Waals surface area contributed by atoms with Crippen molar-refractivity contribution in [1.82, 2.24) is 9.97 Å². The Kier molecular flexibility index (Phi) is 5.81. The van der Waals surface area contributed by atoms with Gasteiger partial charge in [-0.1, -0.05) is 13.8 Å². The number of halogens is 1. The van der Waals surface area contributed by atoms with Crippen LogP contribution in [0.25, 0.3) is 0 Å². The van der Waals surface area contributed by atoms with Crippen molar-refractivity contribution in [2.45, 2.75) is 31.4 Å². The summed E-state index contributed by atoms with van der Waals surface area (Å²) in [7, 11) is 0. The van der Waals surface area contributed by atoms with Crippen molar-refractivity contribution in [2.24, 2.45) is 0 Å². The predicted molar refractivity (Wildman–Crippen MR) is 79.0 cm³/mol. The van der Waals surface area contributed by atoms with E-state index in [0.29, 0.717) is 6.54 Å². The van der Waals surface area contributed by atoms with E-state index in [2.05, 4.69) is 29.1 Å². The van der Waals surface area contributed by atoms with Crippen molar-refractivity contribution >= 4 is 34.9 Å². The molecule has 0 atom stereocenters. The first-order valence-corrected chi connectivity index (χ1v) is 7.54. The quantitative estimate of drug-likeness (QED) is 0.472. The van der Waals surface area contributed by atoms with Gasteiger partial charge in [-0.05, 0) is 30.7 Å². The lowest BCUT2D eigenvalue weighted by Crippen LogP contribution is -2.32. The Morgan fingerprint density at radius 3 is 2.63 bits per heavy atom. The summed E-state index contributed by atoms with van der Waals surface area (Å²) in [5, 5.41) is 13.9. The molecule has 6 nitrogen and oxygen atoms in total. The largest absolute Gasteiger partial charge is 0.363 e. The molecule has 8 heteroatoms. The number of anilines is 1. The predicted octanol–water partition coefficient (Wildman–Crippen LogP) is 3.37. The average Bonchev–Trinajstić information content (AvgIpc) is 2.40. The topological polar surface area (TPSA) is 81.0 Å². The van der Waals surface area contributed by atoms with E-state index in [9.17, 15) is 10.1 Å². The van der Waals surface area contributed by atoms with Gasteiger partial charge in [0.25, 0.3) is 0 Å². The second-order valence-electron chi connectivity index (χ2n) is 4.08. The fourth-order valence-electron chi connectivity index (χ4n) is 1.72. The lowest BCUT2D eigenvalue weighted by Gasteiger charge is -2.29. The van der Waals surface area contributed by atoms with Gasteiger partial charge in [0.1, 0.15) is 6.20 Å². The number of nitro groups is 1. The van der Waals surface area contributed by atoms with Crippen molar-refractivity contribution in [2.75, 3.05) is 18.1 Å². The molecule has 0 radical (unpaired) electrons. The van der Waals surface area contributed by atoms with Gasteiger partial charge >= 0.3 is 5.69 Å². The minimum Gasteiger partial charge on any atom is -0.363 e. The third-order valence-electron chi connectivity index (χ3n) is 3.24. The maximum absolute atomic E-state index is 10.9. The number of rotatable bonds is 7. The van der Waals surface area contributed by atoms with Crippen LogP contribution < -0.4 is 5.32 Å². The summed E-state index contributed by atoms with van der Waals surface area (Å²) in [6, 6.07) is 0. The Morgan fingerprint density at radius 1 is 1.53 bits per heavy atom. The molecule has 1 rings (SSSR count). The van der Waals surface area contributed by atoms with Gasteiger partial charge in [0.15, 0.2) is 0 Å². The maximum Gasteiger partial charge on any atom is 0.329 e. The molecular weight excluding hydrogens is 288 g/mol. The van der Waals surface area contributed by atoms with E-state index >= 15 is 0 Å². The first kappa shape index (κ1) is 16.0. The van der Waals surface area contributed by atoms with Gasteiger partial charge in [-0.2, -0.15) is 16.7 Å². The highest BCUT2D eigenvalue weighted by Gasteiger charge is 2.26. The number of nitrogens with zero attached hydrogens (tertiary/aromatic N) is 3. The zero-order valence-corrected chi connectivity index (χ0v) is 12.7. The molecule has 0 bridgehead atoms. The van der Waals surface area contributed by atoms with Crippen molar-refractivity contribution < 1.29 is 4.92 Å². The second kappa shape index (κ2) is 6.91. The normalized spacial score (nSPS) is 11.4. The molecule has 0 aliphatic rings. The zero-order valence-electron chi connectivity index (χ0n) is 11.1. The third-order valence-corrected chi connectivity index (χ3v) is 5.01. The van der Waals surface area contributed by atoms with Crippen molar-refractivity contribution in [1.29, 1.82) is 0 Å². The molecule has 19 heavy (non-hydrogen) atoms. The van der Waals surface area contributed by atoms with Crippen molar-refractivity contribution in [3.63, 3.8) is 0 Å². The number of thioether (sulfide) groups is 1. The van der Waals surface area contributed by atoms with Crippen LogP contribution in [0.2, 0.25) is 5.28 Å². The fraction of sp³-hybridized carbons (Fsp3) is 0.636. The molecule has 0 amide bonds. The molecule has 1 N–H and O–H groups in total. The van der Waals surface area contributed by atoms with E-state index in [1.54, 1.807) is 11.8 Å². The van der Waals surface area contributed by atoms with Crippen LogP contribution >= 0.6 is 23.4 Å². The molecule has 0 unspecified atom stereocenters. The van der Waals surface area contributed by atoms with Gasteiger partial charge in [-0.25, -0.2) is 4.98 Å². The van der Waals surface area contributed by atoms with Crippen LogP contribution in [-0.4, -0.2) is 32.4 Å². The van der Waals surface area contributed by atoms with Crippen molar-refractivity contribution in [3.05, 3.63) is 21.6 Å². The maximum atomic E-state index is 10.9. The Balaban J connectivity index is 2.93. The summed E-state index contributed by atoms with van der Waals surface area (Å²) in [6.45, 7) is 4.79. The van der Waals surface area contributed by atoms with Gasteiger partial charge in [0.2, 0.25) is 11.1 Å². The minimum absolute atomic E-state index is 0.00384. The van der Waals surface area contributed by atoms with Crippen molar-refractivity contribution in [3.8, 4) is 0 Å². The van der Waals surface area contributed by atoms with E-state index in [-0.39, 0.29) is 21.5 Å². The highest BCUT2D eigenvalue weighted by Crippen LogP contribution is 2.31. The Labute approximate surface area is 121 Å². The molecule has 0 aliphatic carbocycles. The Morgan fingerprint density at radius 2 is 2.16 bits per heavy atom. The van der Waals surface area contributed by atoms with Crippen LogP contribution in [0, 0.1) is 10.1 Å². The van der Waals surface area contributed by atoms with Gasteiger partial charge in [0.05, 0.1) is 4.92 Å². The van der Waals surface area contributed by atoms with E-state index < -0.39 is 4.92 Å². The van der Waals surface area contributed by atoms with E-state index in [1.165, 1.54) is 0 Å². The molecule has 0 spiro atoms. The Bertz CT molecular complexity index is 446. The number of hydrogen-bond acceptors (Lipinski definition) is 6. The summed E-state index contributed by atoms with van der Waals surface area (Å²) in [6.07, 6.45) is 5.08. The lowest BCUT2D eigenvalue weighted by atomic mass is 10.0. The first-order valence-electron chi connectivity index (χ1n) is 5.94. The van der Waals surface area contributed by atoms with E-state index in [0.717, 1.165) is 19.0 Å². The lowest BCUT2D eigenvalue weighted by molar-refractivity contribution is -0.384. The molecule has 0 saturated carbocycles. The summed E-state index contributed by atoms with van der Waals surface area (Å²) in [4.78, 5) is 17.9. The smallest absolute Gasteiger partial charge is 0.329 e. The van der Waals surface area contributed by atoms with Gasteiger partial charge < -0.3 is 5.32 Å². The summed E-state index contributed by atoms with van der Waals surface area (Å²) < 4.78 is 0.0330. The van der Waals surface area contributed by atoms with Gasteiger partial charge in [0, 0.05) is 11.3 Å². The molecule has 1 aromatic rings. The Hall–Kier alpha value is -1.08. The first-order chi connectivity index (χ1) is 8.98. The number of aromatic nitrogens is 2. The van der Waals surface area contributed by atoms with Crippen LogP contribution in [0.1, 0.15) is 26.7 Å². The molecule has 0 aliphatic heterocycles. The highest BCUT2D eigenvalue weighted by atomic mass is 35.5. The summed E-state index contributed by atoms with van der Waals surface area (Å²) in [5.74, 6) is 0.172. The second-order valence-corrected chi connectivity index (χ2v) is 5.69. The molecule has 1 aromatic heterocycles. The van der Waals surface area contributed by atoms with Crippen LogP contribution in [0.3, 0.4) is 0 Å². The minimum atomic E-state index is -0.517. The summed E-state index contributed by atoms with van der Waals surface area (Å²) in [5.41, 5.74) is -0.161. The molecule has 1 heterocycles. The standard InChI is InChI=1S/C11H17ClN4O2S/c1-4-11(5-2,19-3)7-14-9-8(16(17)18)6-13-10(12)15-9/h6H,4-5,7H2,1-3H3,(H,13,14,15). The monoisotopic (exact) mass is 304 g/mol. The highest BCUT2D eigenvalue weighted by molar-refractivity contribution is 8.00. The molecular formula is C11H17ClN4O2S. The number of nitrogens with one attached hydrogen (secondary N) is 1. The molecule has 106 valence electrons. The number of hydrogen-bond donors (Lipinski definition) is 1. The SMILES string of the molecule is CCC(CC)(CNc1nc(Cl)ncc1[N+](=O)[O-])SC. The van der Waals surface area contributed by atoms with Crippen LogP contribution in [0.5, 0.6) is 0 Å². The summed E-state index contributed by atoms with van der Waals surface area (Å²) >= 11 is 7.43. The van der Waals surface area contributed by atoms with Crippen LogP contribution in [0.15, 0.2) is 6.20 Å². The van der Waals surface area contributed by atoms with Crippen LogP contribution in [0.4, 0.5) is 11.5 Å². The van der Waals surface area contributed by atoms with E-state index in [4.69, 9.17) is 11.6 Å².